The van der Waals surface area contributed by atoms with Crippen LogP contribution < -0.4 is 16.2 Å². The predicted octanol–water partition coefficient (Wildman–Crippen LogP) is 4.66. The summed E-state index contributed by atoms with van der Waals surface area (Å²) in [6, 6.07) is 3.42. The van der Waals surface area contributed by atoms with Crippen molar-refractivity contribution in [2.45, 2.75) is 83.7 Å². The standard InChI is InChI=1S/C26H31BrF3N5O3/c1-14(2)31-25-33-22-13-34(23(37)16-4-9-21(27)20(12-16)26(28,29)30)11-10-19(22)24(38)35(25)18-7-5-17(6-8-18)32-15(3)36/h4,9,12,14,17-18H,5-8,10-11,13H2,1-3H3,(H,31,33)(H,32,36). The summed E-state index contributed by atoms with van der Waals surface area (Å²) in [5.74, 6) is -0.196. The average molecular weight is 598 g/mol. The summed E-state index contributed by atoms with van der Waals surface area (Å²) in [5, 5.41) is 6.21. The van der Waals surface area contributed by atoms with Gasteiger partial charge in [-0.2, -0.15) is 13.2 Å². The van der Waals surface area contributed by atoms with Crippen LogP contribution in [0.15, 0.2) is 27.5 Å². The van der Waals surface area contributed by atoms with Gasteiger partial charge in [-0.05, 0) is 64.2 Å². The van der Waals surface area contributed by atoms with E-state index in [1.807, 2.05) is 13.8 Å². The van der Waals surface area contributed by atoms with Gasteiger partial charge in [-0.1, -0.05) is 15.9 Å². The maximum absolute atomic E-state index is 13.7. The van der Waals surface area contributed by atoms with E-state index in [-0.39, 0.29) is 59.1 Å². The van der Waals surface area contributed by atoms with Crippen LogP contribution in [0.5, 0.6) is 0 Å². The Balaban J connectivity index is 1.61. The van der Waals surface area contributed by atoms with Crippen molar-refractivity contribution in [3.05, 3.63) is 55.4 Å². The summed E-state index contributed by atoms with van der Waals surface area (Å²) in [4.78, 5) is 44.5. The van der Waals surface area contributed by atoms with E-state index in [1.165, 1.54) is 24.0 Å². The molecule has 0 spiro atoms. The lowest BCUT2D eigenvalue weighted by Crippen LogP contribution is -2.43. The first-order chi connectivity index (χ1) is 17.8. The SMILES string of the molecule is CC(=O)NC1CCC(n2c(NC(C)C)nc3c(c2=O)CCN(C(=O)c2ccc(Br)c(C(F)(F)F)c2)C3)CC1. The van der Waals surface area contributed by atoms with Crippen LogP contribution in [0, 0.1) is 0 Å². The van der Waals surface area contributed by atoms with Gasteiger partial charge in [0.1, 0.15) is 0 Å². The number of rotatable bonds is 5. The molecule has 2 aliphatic rings. The second-order valence-electron chi connectivity index (χ2n) is 10.2. The number of nitrogens with zero attached hydrogens (tertiary/aromatic N) is 3. The van der Waals surface area contributed by atoms with E-state index in [9.17, 15) is 27.6 Å². The number of benzene rings is 1. The topological polar surface area (TPSA) is 96.3 Å². The second-order valence-corrected chi connectivity index (χ2v) is 11.1. The van der Waals surface area contributed by atoms with Gasteiger partial charge in [0.15, 0.2) is 0 Å². The average Bonchev–Trinajstić information content (AvgIpc) is 2.83. The molecular formula is C26H31BrF3N5O3. The van der Waals surface area contributed by atoms with E-state index >= 15 is 0 Å². The van der Waals surface area contributed by atoms with Gasteiger partial charge in [0.25, 0.3) is 11.5 Å². The lowest BCUT2D eigenvalue weighted by atomic mass is 9.90. The Morgan fingerprint density at radius 1 is 1.16 bits per heavy atom. The third kappa shape index (κ3) is 6.05. The highest BCUT2D eigenvalue weighted by molar-refractivity contribution is 9.10. The van der Waals surface area contributed by atoms with Gasteiger partial charge in [0, 0.05) is 47.2 Å². The molecule has 0 bridgehead atoms. The third-order valence-electron chi connectivity index (χ3n) is 6.96. The minimum Gasteiger partial charge on any atom is -0.354 e. The summed E-state index contributed by atoms with van der Waals surface area (Å²) in [6.45, 7) is 5.60. The molecule has 1 aromatic carbocycles. The minimum atomic E-state index is -4.60. The maximum Gasteiger partial charge on any atom is 0.417 e. The fraction of sp³-hybridized carbons (Fsp3) is 0.538. The first-order valence-electron chi connectivity index (χ1n) is 12.7. The van der Waals surface area contributed by atoms with Crippen LogP contribution in [-0.4, -0.2) is 44.9 Å². The van der Waals surface area contributed by atoms with Crippen LogP contribution in [0.2, 0.25) is 0 Å². The smallest absolute Gasteiger partial charge is 0.354 e. The summed E-state index contributed by atoms with van der Waals surface area (Å²) in [7, 11) is 0. The molecule has 2 N–H and O–H groups in total. The molecule has 38 heavy (non-hydrogen) atoms. The lowest BCUT2D eigenvalue weighted by Gasteiger charge is -2.34. The fourth-order valence-corrected chi connectivity index (χ4v) is 5.67. The second kappa shape index (κ2) is 11.1. The Kier molecular flexibility index (Phi) is 8.20. The van der Waals surface area contributed by atoms with Gasteiger partial charge < -0.3 is 15.5 Å². The monoisotopic (exact) mass is 597 g/mol. The predicted molar refractivity (Wildman–Crippen MR) is 140 cm³/mol. The molecule has 0 radical (unpaired) electrons. The summed E-state index contributed by atoms with van der Waals surface area (Å²) >= 11 is 2.90. The Labute approximate surface area is 227 Å². The van der Waals surface area contributed by atoms with E-state index in [2.05, 4.69) is 26.6 Å². The van der Waals surface area contributed by atoms with E-state index in [4.69, 9.17) is 4.98 Å². The molecular weight excluding hydrogens is 567 g/mol. The van der Waals surface area contributed by atoms with Gasteiger partial charge in [-0.3, -0.25) is 19.0 Å². The molecule has 1 aliphatic heterocycles. The molecule has 206 valence electrons. The van der Waals surface area contributed by atoms with Crippen molar-refractivity contribution >= 4 is 33.7 Å². The Morgan fingerprint density at radius 2 is 1.84 bits per heavy atom. The van der Waals surface area contributed by atoms with Crippen LogP contribution in [-0.2, 0) is 23.9 Å². The summed E-state index contributed by atoms with van der Waals surface area (Å²) in [5.41, 5.74) is -0.170. The molecule has 1 aromatic heterocycles. The van der Waals surface area contributed by atoms with Gasteiger partial charge >= 0.3 is 6.18 Å². The summed E-state index contributed by atoms with van der Waals surface area (Å²) in [6.07, 6.45) is -1.40. The van der Waals surface area contributed by atoms with E-state index in [0.717, 1.165) is 18.9 Å². The van der Waals surface area contributed by atoms with Crippen LogP contribution in [0.4, 0.5) is 19.1 Å². The van der Waals surface area contributed by atoms with Crippen LogP contribution in [0.3, 0.4) is 0 Å². The van der Waals surface area contributed by atoms with Gasteiger partial charge in [-0.15, -0.1) is 0 Å². The Hall–Kier alpha value is -2.89. The van der Waals surface area contributed by atoms with Gasteiger partial charge in [0.05, 0.1) is 17.8 Å². The third-order valence-corrected chi connectivity index (χ3v) is 7.65. The number of halogens is 4. The van der Waals surface area contributed by atoms with E-state index < -0.39 is 17.6 Å². The molecule has 2 amide bonds. The number of carbonyl (C=O) groups excluding carboxylic acids is 2. The zero-order chi connectivity index (χ0) is 27.8. The molecule has 2 aromatic rings. The lowest BCUT2D eigenvalue weighted by molar-refractivity contribution is -0.138. The zero-order valence-electron chi connectivity index (χ0n) is 21.5. The van der Waals surface area contributed by atoms with Gasteiger partial charge in [0.2, 0.25) is 11.9 Å². The van der Waals surface area contributed by atoms with Crippen LogP contribution in [0.25, 0.3) is 0 Å². The maximum atomic E-state index is 13.7. The van der Waals surface area contributed by atoms with Crippen molar-refractivity contribution in [1.29, 1.82) is 0 Å². The van der Waals surface area contributed by atoms with Crippen LogP contribution in [0.1, 0.15) is 79.7 Å². The highest BCUT2D eigenvalue weighted by atomic mass is 79.9. The first-order valence-corrected chi connectivity index (χ1v) is 13.5. The largest absolute Gasteiger partial charge is 0.417 e. The molecule has 0 atom stereocenters. The van der Waals surface area contributed by atoms with E-state index in [0.29, 0.717) is 30.0 Å². The number of fused-ring (bicyclic) bond motifs is 1. The Morgan fingerprint density at radius 3 is 2.45 bits per heavy atom. The molecule has 1 aliphatic carbocycles. The molecule has 12 heteroatoms. The fourth-order valence-electron chi connectivity index (χ4n) is 5.20. The highest BCUT2D eigenvalue weighted by Crippen LogP contribution is 2.36. The van der Waals surface area contributed by atoms with Crippen molar-refractivity contribution in [1.82, 2.24) is 19.8 Å². The van der Waals surface area contributed by atoms with Crippen molar-refractivity contribution < 1.29 is 22.8 Å². The minimum absolute atomic E-state index is 0.00759. The van der Waals surface area contributed by atoms with Crippen molar-refractivity contribution in [3.63, 3.8) is 0 Å². The first kappa shape index (κ1) is 28.1. The number of alkyl halides is 3. The molecule has 1 saturated carbocycles. The molecule has 8 nitrogen and oxygen atoms in total. The van der Waals surface area contributed by atoms with Crippen LogP contribution >= 0.6 is 15.9 Å². The number of nitrogens with one attached hydrogen (secondary N) is 2. The van der Waals surface area contributed by atoms with Crippen molar-refractivity contribution in [2.24, 2.45) is 0 Å². The molecule has 4 rings (SSSR count). The van der Waals surface area contributed by atoms with Gasteiger partial charge in [-0.25, -0.2) is 4.98 Å². The van der Waals surface area contributed by atoms with Crippen molar-refractivity contribution in [2.75, 3.05) is 11.9 Å². The number of amides is 2. The molecule has 0 saturated heterocycles. The zero-order valence-corrected chi connectivity index (χ0v) is 23.1. The molecule has 1 fully saturated rings. The molecule has 2 heterocycles. The quantitative estimate of drug-likeness (QED) is 0.522. The Bertz CT molecular complexity index is 1290. The van der Waals surface area contributed by atoms with E-state index in [1.54, 1.807) is 4.57 Å². The normalized spacial score (nSPS) is 19.7. The number of hydrogen-bond donors (Lipinski definition) is 2. The number of anilines is 1. The number of carbonyl (C=O) groups is 2. The summed E-state index contributed by atoms with van der Waals surface area (Å²) < 4.78 is 41.7. The van der Waals surface area contributed by atoms with Crippen molar-refractivity contribution in [3.8, 4) is 0 Å². The number of aromatic nitrogens is 2. The molecule has 0 unspecified atom stereocenters. The number of hydrogen-bond acceptors (Lipinski definition) is 5. The highest BCUT2D eigenvalue weighted by Gasteiger charge is 2.35.